The van der Waals surface area contributed by atoms with Crippen molar-refractivity contribution in [3.8, 4) is 0 Å². The van der Waals surface area contributed by atoms with E-state index in [1.165, 1.54) is 5.56 Å². The number of hydrogen-bond donors (Lipinski definition) is 2. The Hall–Kier alpha value is -1.39. The van der Waals surface area contributed by atoms with E-state index in [0.717, 1.165) is 61.8 Å². The Balaban J connectivity index is 0.00000480. The lowest BCUT2D eigenvalue weighted by atomic mass is 9.86. The molecule has 2 N–H and O–H groups in total. The Bertz CT molecular complexity index is 824. The van der Waals surface area contributed by atoms with Crippen LogP contribution in [0.2, 0.25) is 5.02 Å². The second-order valence-corrected chi connectivity index (χ2v) is 8.63. The maximum absolute atomic E-state index is 6.14. The molecule has 7 nitrogen and oxygen atoms in total. The van der Waals surface area contributed by atoms with E-state index < -0.39 is 0 Å². The average molecular weight is 563 g/mol. The molecule has 0 saturated heterocycles. The third-order valence-electron chi connectivity index (χ3n) is 4.83. The van der Waals surface area contributed by atoms with Crippen LogP contribution in [0.5, 0.6) is 0 Å². The number of guanidine groups is 1. The molecule has 1 heterocycles. The Morgan fingerprint density at radius 3 is 2.68 bits per heavy atom. The first-order valence-electron chi connectivity index (χ1n) is 10.5. The maximum atomic E-state index is 6.14. The van der Waals surface area contributed by atoms with E-state index in [-0.39, 0.29) is 29.4 Å². The average Bonchev–Trinajstić information content (AvgIpc) is 3.01. The van der Waals surface area contributed by atoms with Crippen LogP contribution in [0.15, 0.2) is 29.3 Å². The van der Waals surface area contributed by atoms with Crippen molar-refractivity contribution in [2.45, 2.75) is 47.1 Å². The fraction of sp³-hybridized carbons (Fsp3) is 0.591. The summed E-state index contributed by atoms with van der Waals surface area (Å²) in [6.45, 7) is 11.9. The number of aromatic nitrogens is 3. The molecule has 0 unspecified atom stereocenters. The molecular formula is C22H36ClIN6O. The highest BCUT2D eigenvalue weighted by Crippen LogP contribution is 2.22. The zero-order chi connectivity index (χ0) is 22.0. The van der Waals surface area contributed by atoms with E-state index >= 15 is 0 Å². The molecule has 0 radical (unpaired) electrons. The molecule has 9 heteroatoms. The molecule has 0 amide bonds. The molecule has 2 aromatic rings. The van der Waals surface area contributed by atoms with Gasteiger partial charge in [0.1, 0.15) is 12.4 Å². The van der Waals surface area contributed by atoms with Gasteiger partial charge in [-0.05, 0) is 49.8 Å². The number of nitrogens with zero attached hydrogens (tertiary/aromatic N) is 4. The second-order valence-electron chi connectivity index (χ2n) is 8.19. The van der Waals surface area contributed by atoms with Gasteiger partial charge >= 0.3 is 0 Å². The minimum absolute atomic E-state index is 0. The molecule has 0 saturated carbocycles. The van der Waals surface area contributed by atoms with E-state index in [1.807, 2.05) is 43.7 Å². The predicted octanol–water partition coefficient (Wildman–Crippen LogP) is 4.13. The Morgan fingerprint density at radius 2 is 2.03 bits per heavy atom. The van der Waals surface area contributed by atoms with Crippen LogP contribution in [-0.4, -0.2) is 47.0 Å². The van der Waals surface area contributed by atoms with Gasteiger partial charge in [-0.25, -0.2) is 4.99 Å². The number of rotatable bonds is 11. The normalized spacial score (nSPS) is 11.9. The van der Waals surface area contributed by atoms with Gasteiger partial charge in [0.25, 0.3) is 0 Å². The van der Waals surface area contributed by atoms with Crippen LogP contribution in [0, 0.1) is 12.3 Å². The van der Waals surface area contributed by atoms with Crippen LogP contribution in [0.25, 0.3) is 0 Å². The van der Waals surface area contributed by atoms with Crippen LogP contribution in [0.4, 0.5) is 0 Å². The molecular weight excluding hydrogens is 527 g/mol. The summed E-state index contributed by atoms with van der Waals surface area (Å²) in [5.74, 6) is 2.48. The zero-order valence-electron chi connectivity index (χ0n) is 19.2. The lowest BCUT2D eigenvalue weighted by Crippen LogP contribution is -2.43. The van der Waals surface area contributed by atoms with E-state index in [4.69, 9.17) is 21.3 Å². The molecule has 31 heavy (non-hydrogen) atoms. The molecule has 0 aliphatic rings. The van der Waals surface area contributed by atoms with Crippen LogP contribution in [-0.2, 0) is 24.8 Å². The summed E-state index contributed by atoms with van der Waals surface area (Å²) in [5.41, 5.74) is 1.26. The molecule has 174 valence electrons. The first kappa shape index (κ1) is 27.6. The Kier molecular flexibility index (Phi) is 12.4. The van der Waals surface area contributed by atoms with Crippen molar-refractivity contribution in [3.05, 3.63) is 46.5 Å². The Morgan fingerprint density at radius 1 is 1.26 bits per heavy atom. The van der Waals surface area contributed by atoms with Gasteiger partial charge in [-0.1, -0.05) is 37.6 Å². The van der Waals surface area contributed by atoms with E-state index in [0.29, 0.717) is 6.54 Å². The topological polar surface area (TPSA) is 76.4 Å². The van der Waals surface area contributed by atoms with Gasteiger partial charge < -0.3 is 19.9 Å². The van der Waals surface area contributed by atoms with E-state index in [9.17, 15) is 0 Å². The quantitative estimate of drug-likeness (QED) is 0.186. The minimum Gasteiger partial charge on any atom is -0.382 e. The smallest absolute Gasteiger partial charge is 0.191 e. The first-order chi connectivity index (χ1) is 14.3. The third kappa shape index (κ3) is 10.2. The summed E-state index contributed by atoms with van der Waals surface area (Å²) >= 11 is 6.14. The highest BCUT2D eigenvalue weighted by molar-refractivity contribution is 14.0. The lowest BCUT2D eigenvalue weighted by molar-refractivity contribution is 0.145. The van der Waals surface area contributed by atoms with Crippen molar-refractivity contribution < 1.29 is 4.74 Å². The standard InChI is InChI=1S/C22H35ClN6O.HI/c1-6-30-12-8-11-24-21(25-15-20-28-27-17(2)29(20)5)26-16-22(3,4)14-18-9-7-10-19(23)13-18;/h7,9-10,13H,6,8,11-12,14-16H2,1-5H3,(H2,24,25,26);1H. The molecule has 0 aliphatic carbocycles. The monoisotopic (exact) mass is 562 g/mol. The summed E-state index contributed by atoms with van der Waals surface area (Å²) in [6.07, 6.45) is 1.84. The van der Waals surface area contributed by atoms with Gasteiger partial charge in [0.05, 0.1) is 0 Å². The molecule has 0 bridgehead atoms. The van der Waals surface area contributed by atoms with Crippen molar-refractivity contribution in [3.63, 3.8) is 0 Å². The number of hydrogen-bond acceptors (Lipinski definition) is 4. The van der Waals surface area contributed by atoms with Gasteiger partial charge in [0.15, 0.2) is 11.8 Å². The molecule has 0 fully saturated rings. The molecule has 2 rings (SSSR count). The second kappa shape index (κ2) is 13.9. The van der Waals surface area contributed by atoms with Crippen LogP contribution in [0.3, 0.4) is 0 Å². The van der Waals surface area contributed by atoms with Gasteiger partial charge in [-0.2, -0.15) is 0 Å². The largest absolute Gasteiger partial charge is 0.382 e. The highest BCUT2D eigenvalue weighted by Gasteiger charge is 2.19. The summed E-state index contributed by atoms with van der Waals surface area (Å²) in [4.78, 5) is 4.72. The fourth-order valence-corrected chi connectivity index (χ4v) is 3.24. The fourth-order valence-electron chi connectivity index (χ4n) is 3.02. The van der Waals surface area contributed by atoms with Gasteiger partial charge in [-0.3, -0.25) is 0 Å². The SMILES string of the molecule is CCOCCCNC(=NCc1nnc(C)n1C)NCC(C)(C)Cc1cccc(Cl)c1.I. The van der Waals surface area contributed by atoms with Crippen LogP contribution >= 0.6 is 35.6 Å². The number of benzene rings is 1. The summed E-state index contributed by atoms with van der Waals surface area (Å²) < 4.78 is 7.38. The highest BCUT2D eigenvalue weighted by atomic mass is 127. The summed E-state index contributed by atoms with van der Waals surface area (Å²) in [6, 6.07) is 8.05. The summed E-state index contributed by atoms with van der Waals surface area (Å²) in [5, 5.41) is 16.0. The first-order valence-corrected chi connectivity index (χ1v) is 10.9. The van der Waals surface area contributed by atoms with Gasteiger partial charge in [0, 0.05) is 38.4 Å². The number of aliphatic imine (C=N–C) groups is 1. The number of ether oxygens (including phenoxy) is 1. The third-order valence-corrected chi connectivity index (χ3v) is 5.06. The van der Waals surface area contributed by atoms with Crippen molar-refractivity contribution in [1.82, 2.24) is 25.4 Å². The molecule has 0 spiro atoms. The number of nitrogens with one attached hydrogen (secondary N) is 2. The van der Waals surface area contributed by atoms with Crippen LogP contribution in [0.1, 0.15) is 44.4 Å². The van der Waals surface area contributed by atoms with E-state index in [1.54, 1.807) is 0 Å². The van der Waals surface area contributed by atoms with Gasteiger partial charge in [0.2, 0.25) is 0 Å². The van der Waals surface area contributed by atoms with E-state index in [2.05, 4.69) is 40.7 Å². The maximum Gasteiger partial charge on any atom is 0.191 e. The Labute approximate surface area is 208 Å². The van der Waals surface area contributed by atoms with Gasteiger partial charge in [-0.15, -0.1) is 34.2 Å². The molecule has 1 aromatic carbocycles. The summed E-state index contributed by atoms with van der Waals surface area (Å²) in [7, 11) is 1.96. The molecule has 0 atom stereocenters. The van der Waals surface area contributed by atoms with Crippen molar-refractivity contribution in [1.29, 1.82) is 0 Å². The van der Waals surface area contributed by atoms with Crippen molar-refractivity contribution in [2.75, 3.05) is 26.3 Å². The number of aryl methyl sites for hydroxylation is 1. The zero-order valence-corrected chi connectivity index (χ0v) is 22.3. The lowest BCUT2D eigenvalue weighted by Gasteiger charge is -2.26. The van der Waals surface area contributed by atoms with Crippen molar-refractivity contribution >= 4 is 41.5 Å². The number of halogens is 2. The van der Waals surface area contributed by atoms with Crippen molar-refractivity contribution in [2.24, 2.45) is 17.5 Å². The molecule has 1 aromatic heterocycles. The minimum atomic E-state index is 0. The van der Waals surface area contributed by atoms with Crippen LogP contribution < -0.4 is 10.6 Å². The molecule has 0 aliphatic heterocycles. The predicted molar refractivity (Wildman–Crippen MR) is 138 cm³/mol.